The number of aromatic nitrogens is 2. The van der Waals surface area contributed by atoms with Crippen LogP contribution in [0.25, 0.3) is 0 Å². The first-order valence-electron chi connectivity index (χ1n) is 5.83. The first-order chi connectivity index (χ1) is 7.72. The van der Waals surface area contributed by atoms with Crippen LogP contribution in [-0.4, -0.2) is 16.4 Å². The van der Waals surface area contributed by atoms with E-state index in [4.69, 9.17) is 10.5 Å². The van der Waals surface area contributed by atoms with Crippen LogP contribution in [0.15, 0.2) is 17.9 Å². The third-order valence-corrected chi connectivity index (χ3v) is 2.92. The van der Waals surface area contributed by atoms with E-state index in [1.165, 1.54) is 0 Å². The van der Waals surface area contributed by atoms with Crippen LogP contribution in [-0.2, 0) is 18.2 Å². The largest absolute Gasteiger partial charge is 0.496 e. The molecule has 0 bridgehead atoms. The molecule has 2 N–H and O–H groups in total. The Hall–Kier alpha value is -1.29. The van der Waals surface area contributed by atoms with E-state index in [-0.39, 0.29) is 6.04 Å². The number of rotatable bonds is 3. The molecule has 0 aromatic carbocycles. The summed E-state index contributed by atoms with van der Waals surface area (Å²) in [5.41, 5.74) is 8.28. The summed E-state index contributed by atoms with van der Waals surface area (Å²) in [4.78, 5) is 0. The molecule has 2 heterocycles. The Morgan fingerprint density at radius 3 is 3.00 bits per heavy atom. The zero-order valence-corrected chi connectivity index (χ0v) is 9.94. The van der Waals surface area contributed by atoms with E-state index in [1.807, 2.05) is 11.7 Å². The third-order valence-electron chi connectivity index (χ3n) is 2.92. The number of hydrogen-bond donors (Lipinski definition) is 1. The molecule has 1 aromatic heterocycles. The van der Waals surface area contributed by atoms with Crippen LogP contribution >= 0.6 is 0 Å². The van der Waals surface area contributed by atoms with Crippen molar-refractivity contribution >= 4 is 0 Å². The molecule has 16 heavy (non-hydrogen) atoms. The smallest absolute Gasteiger partial charge is 0.115 e. The van der Waals surface area contributed by atoms with Crippen molar-refractivity contribution in [1.29, 1.82) is 0 Å². The van der Waals surface area contributed by atoms with Gasteiger partial charge < -0.3 is 10.5 Å². The number of aryl methyl sites for hydroxylation is 2. The van der Waals surface area contributed by atoms with Gasteiger partial charge in [0.2, 0.25) is 0 Å². The Labute approximate surface area is 96.1 Å². The SMILES string of the molecule is CCc1cc(C(N)C2=CCCCO2)n(C)n1. The average Bonchev–Trinajstić information content (AvgIpc) is 2.71. The lowest BCUT2D eigenvalue weighted by Crippen LogP contribution is -2.20. The second kappa shape index (κ2) is 4.70. The molecule has 0 fully saturated rings. The first-order valence-corrected chi connectivity index (χ1v) is 5.83. The van der Waals surface area contributed by atoms with Crippen LogP contribution < -0.4 is 5.73 Å². The van der Waals surface area contributed by atoms with Crippen LogP contribution in [0.4, 0.5) is 0 Å². The molecular formula is C12H19N3O. The molecule has 0 amide bonds. The summed E-state index contributed by atoms with van der Waals surface area (Å²) >= 11 is 0. The number of nitrogens with zero attached hydrogens (tertiary/aromatic N) is 2. The highest BCUT2D eigenvalue weighted by Crippen LogP contribution is 2.24. The Balaban J connectivity index is 2.22. The summed E-state index contributed by atoms with van der Waals surface area (Å²) in [5.74, 6) is 0.886. The average molecular weight is 221 g/mol. The van der Waals surface area contributed by atoms with Crippen LogP contribution in [0.2, 0.25) is 0 Å². The fourth-order valence-electron chi connectivity index (χ4n) is 1.95. The summed E-state index contributed by atoms with van der Waals surface area (Å²) < 4.78 is 7.44. The monoisotopic (exact) mass is 221 g/mol. The van der Waals surface area contributed by atoms with Crippen LogP contribution in [0, 0.1) is 0 Å². The highest BCUT2D eigenvalue weighted by atomic mass is 16.5. The zero-order chi connectivity index (χ0) is 11.5. The number of nitrogens with two attached hydrogens (primary N) is 1. The van der Waals surface area contributed by atoms with Gasteiger partial charge in [0.15, 0.2) is 0 Å². The Morgan fingerprint density at radius 2 is 2.44 bits per heavy atom. The number of allylic oxidation sites excluding steroid dienone is 1. The minimum Gasteiger partial charge on any atom is -0.496 e. The van der Waals surface area contributed by atoms with Crippen molar-refractivity contribution in [3.05, 3.63) is 29.3 Å². The van der Waals surface area contributed by atoms with Gasteiger partial charge in [0.05, 0.1) is 18.0 Å². The maximum absolute atomic E-state index is 6.18. The normalized spacial score (nSPS) is 17.8. The van der Waals surface area contributed by atoms with Gasteiger partial charge in [-0.1, -0.05) is 6.92 Å². The fraction of sp³-hybridized carbons (Fsp3) is 0.583. The quantitative estimate of drug-likeness (QED) is 0.844. The lowest BCUT2D eigenvalue weighted by atomic mass is 10.1. The van der Waals surface area contributed by atoms with Crippen molar-refractivity contribution in [3.63, 3.8) is 0 Å². The predicted molar refractivity (Wildman–Crippen MR) is 62.8 cm³/mol. The Kier molecular flexibility index (Phi) is 3.29. The molecule has 1 aromatic rings. The van der Waals surface area contributed by atoms with Crippen molar-refractivity contribution in [2.75, 3.05) is 6.61 Å². The molecule has 4 nitrogen and oxygen atoms in total. The summed E-state index contributed by atoms with van der Waals surface area (Å²) in [6, 6.07) is 1.88. The maximum atomic E-state index is 6.18. The van der Waals surface area contributed by atoms with Gasteiger partial charge in [-0.25, -0.2) is 0 Å². The molecule has 4 heteroatoms. The number of ether oxygens (including phenoxy) is 1. The number of hydrogen-bond acceptors (Lipinski definition) is 3. The van der Waals surface area contributed by atoms with Crippen molar-refractivity contribution in [1.82, 2.24) is 9.78 Å². The highest BCUT2D eigenvalue weighted by Gasteiger charge is 2.19. The van der Waals surface area contributed by atoms with Gasteiger partial charge in [0, 0.05) is 7.05 Å². The molecule has 2 rings (SSSR count). The van der Waals surface area contributed by atoms with E-state index in [0.717, 1.165) is 43.0 Å². The standard InChI is InChI=1S/C12H19N3O/c1-3-9-8-10(15(2)14-9)12(13)11-6-4-5-7-16-11/h6,8,12H,3-5,7,13H2,1-2H3. The molecule has 1 aliphatic heterocycles. The van der Waals surface area contributed by atoms with E-state index in [2.05, 4.69) is 24.2 Å². The van der Waals surface area contributed by atoms with Gasteiger partial charge >= 0.3 is 0 Å². The van der Waals surface area contributed by atoms with Crippen LogP contribution in [0.5, 0.6) is 0 Å². The van der Waals surface area contributed by atoms with Gasteiger partial charge in [-0.2, -0.15) is 5.10 Å². The summed E-state index contributed by atoms with van der Waals surface area (Å²) in [7, 11) is 1.93. The molecule has 1 atom stereocenters. The molecule has 0 saturated carbocycles. The molecule has 0 saturated heterocycles. The summed E-state index contributed by atoms with van der Waals surface area (Å²) in [6.07, 6.45) is 5.16. The lowest BCUT2D eigenvalue weighted by molar-refractivity contribution is 0.174. The van der Waals surface area contributed by atoms with Gasteiger partial charge in [0.25, 0.3) is 0 Å². The summed E-state index contributed by atoms with van der Waals surface area (Å²) in [6.45, 7) is 2.87. The van der Waals surface area contributed by atoms with Gasteiger partial charge in [-0.05, 0) is 31.4 Å². The predicted octanol–water partition coefficient (Wildman–Crippen LogP) is 1.68. The Bertz CT molecular complexity index is 395. The maximum Gasteiger partial charge on any atom is 0.115 e. The molecule has 0 radical (unpaired) electrons. The van der Waals surface area contributed by atoms with Gasteiger partial charge in [-0.15, -0.1) is 0 Å². The van der Waals surface area contributed by atoms with Crippen molar-refractivity contribution in [3.8, 4) is 0 Å². The summed E-state index contributed by atoms with van der Waals surface area (Å²) in [5, 5.41) is 4.40. The minimum absolute atomic E-state index is 0.182. The van der Waals surface area contributed by atoms with Crippen molar-refractivity contribution in [2.45, 2.75) is 32.2 Å². The first kappa shape index (κ1) is 11.2. The molecule has 88 valence electrons. The molecular weight excluding hydrogens is 202 g/mol. The minimum atomic E-state index is -0.182. The van der Waals surface area contributed by atoms with Gasteiger partial charge in [0.1, 0.15) is 11.8 Å². The topological polar surface area (TPSA) is 53.1 Å². The Morgan fingerprint density at radius 1 is 1.62 bits per heavy atom. The van der Waals surface area contributed by atoms with Crippen LogP contribution in [0.1, 0.15) is 37.2 Å². The molecule has 0 spiro atoms. The second-order valence-corrected chi connectivity index (χ2v) is 4.11. The molecule has 1 unspecified atom stereocenters. The molecule has 0 aliphatic carbocycles. The third kappa shape index (κ3) is 2.11. The lowest BCUT2D eigenvalue weighted by Gasteiger charge is -2.20. The van der Waals surface area contributed by atoms with E-state index in [9.17, 15) is 0 Å². The highest BCUT2D eigenvalue weighted by molar-refractivity contribution is 5.21. The van der Waals surface area contributed by atoms with E-state index < -0.39 is 0 Å². The van der Waals surface area contributed by atoms with E-state index in [1.54, 1.807) is 0 Å². The van der Waals surface area contributed by atoms with Crippen LogP contribution in [0.3, 0.4) is 0 Å². The molecule has 1 aliphatic rings. The van der Waals surface area contributed by atoms with E-state index >= 15 is 0 Å². The second-order valence-electron chi connectivity index (χ2n) is 4.11. The van der Waals surface area contributed by atoms with Crippen molar-refractivity contribution < 1.29 is 4.74 Å². The van der Waals surface area contributed by atoms with Gasteiger partial charge in [-0.3, -0.25) is 4.68 Å². The van der Waals surface area contributed by atoms with E-state index in [0.29, 0.717) is 0 Å². The zero-order valence-electron chi connectivity index (χ0n) is 9.94. The van der Waals surface area contributed by atoms with Crippen molar-refractivity contribution in [2.24, 2.45) is 12.8 Å². The fourth-order valence-corrected chi connectivity index (χ4v) is 1.95.